The third-order valence-corrected chi connectivity index (χ3v) is 22.2. The Morgan fingerprint density at radius 1 is 0.283 bits per heavy atom. The van der Waals surface area contributed by atoms with Gasteiger partial charge in [-0.25, -0.2) is 0 Å². The molecule has 0 radical (unpaired) electrons. The van der Waals surface area contributed by atoms with E-state index in [2.05, 4.69) is 133 Å². The van der Waals surface area contributed by atoms with Crippen molar-refractivity contribution in [3.8, 4) is 11.5 Å². The molecule has 0 aliphatic carbocycles. The topological polar surface area (TPSA) is 40.5 Å². The molecule has 0 atom stereocenters. The van der Waals surface area contributed by atoms with Crippen LogP contribution in [-0.2, 0) is 10.9 Å². The van der Waals surface area contributed by atoms with Crippen LogP contribution in [0.1, 0.15) is 0 Å². The van der Waals surface area contributed by atoms with Gasteiger partial charge in [-0.2, -0.15) is 0 Å². The zero-order valence-electron chi connectivity index (χ0n) is 25.4. The molecule has 0 saturated heterocycles. The van der Waals surface area contributed by atoms with Gasteiger partial charge in [-0.1, -0.05) is 18.2 Å². The summed E-state index contributed by atoms with van der Waals surface area (Å²) in [6, 6.07) is 69.2. The van der Waals surface area contributed by atoms with E-state index in [9.17, 15) is 10.2 Å². The minimum absolute atomic E-state index is 0.253. The fourth-order valence-corrected chi connectivity index (χ4v) is 19.9. The van der Waals surface area contributed by atoms with Crippen LogP contribution >= 0.6 is 0 Å². The first-order chi connectivity index (χ1) is 22.7. The van der Waals surface area contributed by atoms with Gasteiger partial charge in [0.1, 0.15) is 11.5 Å². The molecule has 224 valence electrons. The number of aromatic hydroxyl groups is 2. The summed E-state index contributed by atoms with van der Waals surface area (Å²) in [6.07, 6.45) is 0. The third kappa shape index (κ3) is 6.85. The number of hydrogen-bond donors (Lipinski definition) is 2. The molecule has 7 aromatic rings. The van der Waals surface area contributed by atoms with E-state index in [-0.39, 0.29) is 22.4 Å². The molecular weight excluding hydrogens is 638 g/mol. The average molecular weight is 674 g/mol. The Morgan fingerprint density at radius 2 is 0.522 bits per heavy atom. The summed E-state index contributed by atoms with van der Waals surface area (Å²) in [5.41, 5.74) is 0. The molecule has 2 nitrogen and oxygen atoms in total. The van der Waals surface area contributed by atoms with Crippen LogP contribution in [0.25, 0.3) is 0 Å². The Morgan fingerprint density at radius 3 is 0.804 bits per heavy atom. The molecule has 46 heavy (non-hydrogen) atoms. The Hall–Kier alpha value is -4.87. The van der Waals surface area contributed by atoms with Gasteiger partial charge >= 0.3 is 153 Å². The van der Waals surface area contributed by atoms with Crippen LogP contribution in [0.2, 0.25) is 0 Å². The SMILES string of the molecule is Oc1ccc([S+](c2ccccc2)c2ccc(O)cc2)cc1.c1cc[c]([Ga-]([c]2ccccc2)([c]2ccccc2)[c]2ccccc2)cc1. The molecular formula is C42H35GaO2S. The van der Waals surface area contributed by atoms with E-state index in [0.717, 1.165) is 9.79 Å². The number of hydrogen-bond acceptors (Lipinski definition) is 2. The molecule has 0 saturated carbocycles. The Bertz CT molecular complexity index is 1710. The van der Waals surface area contributed by atoms with Crippen molar-refractivity contribution in [3.05, 3.63) is 200 Å². The molecule has 7 rings (SSSR count). The van der Waals surface area contributed by atoms with Crippen molar-refractivity contribution in [1.29, 1.82) is 0 Å². The second-order valence-corrected chi connectivity index (χ2v) is 22.4. The standard InChI is InChI=1S/C18H14O2S.4C6H5.Ga/c19-14-6-10-17(11-7-14)21(16-4-2-1-3-5-16)18-12-8-15(20)9-13-18;4*1-2-4-6-5-3-1;/h1-13H,(H-,19,20);4*1-5H;/q;;;;;-1/p+1. The predicted octanol–water partition coefficient (Wildman–Crippen LogP) is 7.26. The quantitative estimate of drug-likeness (QED) is 0.138. The van der Waals surface area contributed by atoms with E-state index in [1.807, 2.05) is 42.5 Å². The molecule has 0 aliphatic rings. The molecule has 7 aromatic carbocycles. The van der Waals surface area contributed by atoms with E-state index < -0.39 is 15.0 Å². The van der Waals surface area contributed by atoms with Crippen LogP contribution < -0.4 is 16.5 Å². The van der Waals surface area contributed by atoms with Crippen LogP contribution in [0.5, 0.6) is 11.5 Å². The Labute approximate surface area is 277 Å². The molecule has 0 unspecified atom stereocenters. The summed E-state index contributed by atoms with van der Waals surface area (Å²) in [5, 5.41) is 19.0. The van der Waals surface area contributed by atoms with E-state index in [0.29, 0.717) is 0 Å². The monoisotopic (exact) mass is 672 g/mol. The van der Waals surface area contributed by atoms with Crippen molar-refractivity contribution >= 4 is 42.4 Å². The van der Waals surface area contributed by atoms with Crippen molar-refractivity contribution in [3.63, 3.8) is 0 Å². The third-order valence-electron chi connectivity index (χ3n) is 8.32. The summed E-state index contributed by atoms with van der Waals surface area (Å²) in [5.74, 6) is 0.530. The summed E-state index contributed by atoms with van der Waals surface area (Å²) >= 11 is -3.21. The zero-order chi connectivity index (χ0) is 31.6. The Kier molecular flexibility index (Phi) is 10.1. The van der Waals surface area contributed by atoms with Crippen molar-refractivity contribution in [2.75, 3.05) is 0 Å². The predicted molar refractivity (Wildman–Crippen MR) is 195 cm³/mol. The first kappa shape index (κ1) is 31.1. The summed E-state index contributed by atoms with van der Waals surface area (Å²) in [7, 11) is -0.253. The minimum atomic E-state index is -3.21. The molecule has 0 spiro atoms. The Balaban J connectivity index is 0.000000164. The van der Waals surface area contributed by atoms with Gasteiger partial charge in [-0.05, 0) is 60.7 Å². The number of benzene rings is 7. The van der Waals surface area contributed by atoms with Crippen molar-refractivity contribution in [2.45, 2.75) is 14.7 Å². The first-order valence-corrected chi connectivity index (χ1v) is 21.5. The fourth-order valence-electron chi connectivity index (χ4n) is 6.25. The summed E-state index contributed by atoms with van der Waals surface area (Å²) in [4.78, 5) is 3.46. The van der Waals surface area contributed by atoms with Gasteiger partial charge in [0.2, 0.25) is 0 Å². The maximum atomic E-state index is 9.49. The molecule has 0 fully saturated rings. The van der Waals surface area contributed by atoms with E-state index in [1.54, 1.807) is 24.3 Å². The zero-order valence-corrected chi connectivity index (χ0v) is 28.7. The number of rotatable bonds is 7. The van der Waals surface area contributed by atoms with Crippen LogP contribution in [-0.4, -0.2) is 25.2 Å². The number of phenolic OH excluding ortho intramolecular Hbond substituents is 2. The van der Waals surface area contributed by atoms with Crippen molar-refractivity contribution in [1.82, 2.24) is 0 Å². The van der Waals surface area contributed by atoms with Crippen molar-refractivity contribution in [2.24, 2.45) is 0 Å². The molecule has 0 heterocycles. The maximum absolute atomic E-state index is 9.49. The molecule has 0 aliphatic heterocycles. The summed E-state index contributed by atoms with van der Waals surface area (Å²) in [6.45, 7) is 0. The van der Waals surface area contributed by atoms with E-state index >= 15 is 0 Å². The van der Waals surface area contributed by atoms with Crippen LogP contribution in [0, 0.1) is 0 Å². The molecule has 0 aromatic heterocycles. The van der Waals surface area contributed by atoms with Gasteiger partial charge in [0.25, 0.3) is 0 Å². The normalized spacial score (nSPS) is 11.0. The van der Waals surface area contributed by atoms with Gasteiger partial charge < -0.3 is 10.2 Å². The second-order valence-electron chi connectivity index (χ2n) is 11.1. The van der Waals surface area contributed by atoms with Gasteiger partial charge in [-0.3, -0.25) is 0 Å². The van der Waals surface area contributed by atoms with Gasteiger partial charge in [-0.15, -0.1) is 0 Å². The van der Waals surface area contributed by atoms with Gasteiger partial charge in [0.15, 0.2) is 14.7 Å². The molecule has 2 N–H and O–H groups in total. The molecule has 4 heteroatoms. The van der Waals surface area contributed by atoms with Crippen LogP contribution in [0.4, 0.5) is 0 Å². The van der Waals surface area contributed by atoms with Gasteiger partial charge in [0, 0.05) is 0 Å². The second kappa shape index (κ2) is 14.9. The average Bonchev–Trinajstić information content (AvgIpc) is 3.13. The van der Waals surface area contributed by atoms with E-state index in [1.165, 1.54) is 21.4 Å². The van der Waals surface area contributed by atoms with Crippen molar-refractivity contribution < 1.29 is 10.2 Å². The first-order valence-electron chi connectivity index (χ1n) is 15.4. The molecule has 0 bridgehead atoms. The fraction of sp³-hybridized carbons (Fsp3) is 0. The van der Waals surface area contributed by atoms with Gasteiger partial charge in [0.05, 0.1) is 10.9 Å². The molecule has 0 amide bonds. The number of phenols is 2. The summed E-state index contributed by atoms with van der Waals surface area (Å²) < 4.78 is 5.92. The van der Waals surface area contributed by atoms with Crippen LogP contribution in [0.3, 0.4) is 0 Å². The van der Waals surface area contributed by atoms with Crippen LogP contribution in [0.15, 0.2) is 215 Å². The van der Waals surface area contributed by atoms with E-state index in [4.69, 9.17) is 0 Å².